The van der Waals surface area contributed by atoms with Crippen molar-refractivity contribution in [3.8, 4) is 34.1 Å². The molecule has 0 atom stereocenters. The van der Waals surface area contributed by atoms with Gasteiger partial charge in [0.2, 0.25) is 0 Å². The summed E-state index contributed by atoms with van der Waals surface area (Å²) in [5.41, 5.74) is 20.7. The van der Waals surface area contributed by atoms with Crippen LogP contribution in [0.4, 0.5) is 0 Å². The molecule has 0 fully saturated rings. The molecule has 0 aliphatic heterocycles. The zero-order chi connectivity index (χ0) is 54.7. The summed E-state index contributed by atoms with van der Waals surface area (Å²) >= 11 is 0. The van der Waals surface area contributed by atoms with Crippen molar-refractivity contribution in [2.24, 2.45) is 0 Å². The first-order valence-electron chi connectivity index (χ1n) is 29.0. The molecule has 84 heavy (non-hydrogen) atoms. The van der Waals surface area contributed by atoms with E-state index in [1.807, 2.05) is 0 Å². The van der Waals surface area contributed by atoms with Gasteiger partial charge in [0, 0.05) is 98.8 Å². The van der Waals surface area contributed by atoms with Crippen LogP contribution < -0.4 is 0 Å². The van der Waals surface area contributed by atoms with Crippen molar-refractivity contribution in [2.75, 3.05) is 0 Å². The van der Waals surface area contributed by atoms with Gasteiger partial charge in [0.05, 0.1) is 66.2 Å². The molecule has 0 saturated carbocycles. The van der Waals surface area contributed by atoms with Gasteiger partial charge in [-0.2, -0.15) is 0 Å². The van der Waals surface area contributed by atoms with Gasteiger partial charge in [-0.3, -0.25) is 0 Å². The third-order valence-corrected chi connectivity index (χ3v) is 18.1. The van der Waals surface area contributed by atoms with Crippen LogP contribution in [-0.2, 0) is 0 Å². The molecule has 0 aliphatic rings. The zero-order valence-electron chi connectivity index (χ0n) is 45.4. The van der Waals surface area contributed by atoms with Gasteiger partial charge in [-0.05, 0) is 103 Å². The number of rotatable bonds is 6. The highest BCUT2D eigenvalue weighted by molar-refractivity contribution is 6.42. The molecule has 19 rings (SSSR count). The Morgan fingerprint density at radius 1 is 0.143 bits per heavy atom. The van der Waals surface area contributed by atoms with Crippen LogP contribution in [0.15, 0.2) is 291 Å². The lowest BCUT2D eigenvalue weighted by Gasteiger charge is -2.16. The van der Waals surface area contributed by atoms with Crippen molar-refractivity contribution in [1.29, 1.82) is 0 Å². The molecule has 6 heteroatoms. The maximum Gasteiger partial charge on any atom is 0.0663 e. The van der Waals surface area contributed by atoms with Crippen LogP contribution >= 0.6 is 0 Å². The smallest absolute Gasteiger partial charge is 0.0663 e. The molecule has 0 bridgehead atoms. The van der Waals surface area contributed by atoms with Crippen LogP contribution in [0.3, 0.4) is 0 Å². The third-order valence-electron chi connectivity index (χ3n) is 18.1. The van der Waals surface area contributed by atoms with Crippen molar-refractivity contribution in [3.05, 3.63) is 291 Å². The summed E-state index contributed by atoms with van der Waals surface area (Å²) in [5.74, 6) is 0. The van der Waals surface area contributed by atoms with E-state index in [1.165, 1.54) is 109 Å². The summed E-state index contributed by atoms with van der Waals surface area (Å²) in [6, 6.07) is 107. The second kappa shape index (κ2) is 17.1. The third kappa shape index (κ3) is 5.92. The summed E-state index contributed by atoms with van der Waals surface area (Å²) < 4.78 is 15.3. The first-order valence-corrected chi connectivity index (χ1v) is 29.0. The van der Waals surface area contributed by atoms with Crippen molar-refractivity contribution in [1.82, 2.24) is 27.4 Å². The second-order valence-corrected chi connectivity index (χ2v) is 22.3. The average molecular weight is 1070 g/mol. The van der Waals surface area contributed by atoms with Crippen LogP contribution in [0, 0.1) is 0 Å². The number of fused-ring (bicyclic) bond motifs is 24. The number of hydrogen-bond acceptors (Lipinski definition) is 0. The van der Waals surface area contributed by atoms with E-state index in [4.69, 9.17) is 0 Å². The van der Waals surface area contributed by atoms with E-state index in [0.717, 1.165) is 56.2 Å². The number of aromatic nitrogens is 6. The van der Waals surface area contributed by atoms with Gasteiger partial charge in [-0.25, -0.2) is 0 Å². The van der Waals surface area contributed by atoms with E-state index in [0.29, 0.717) is 0 Å². The van der Waals surface area contributed by atoms with Gasteiger partial charge in [-0.1, -0.05) is 188 Å². The number of nitrogens with zero attached hydrogens (tertiary/aromatic N) is 6. The van der Waals surface area contributed by atoms with Crippen LogP contribution in [0.2, 0.25) is 0 Å². The fourth-order valence-corrected chi connectivity index (χ4v) is 15.0. The Bertz CT molecular complexity index is 5440. The standard InChI is InChI=1S/C78H48N6/c1-5-26-49(27-6-1)79-61-42-19-13-36-55(61)67-73-69(57-38-15-21-44-63(57)81(73)51-30-9-3-10-31-51)77-71(75(67)79)59-40-17-23-46-65(59)83(77)53-34-25-35-54(48-53)84-66-47-24-18-41-60(66)72-76-68(56-37-14-20-43-62(56)80(76)50-28-7-2-8-29-50)74-70(78(72)84)58-39-16-22-45-64(58)82(74)52-32-11-4-12-33-52/h1-48H. The highest BCUT2D eigenvalue weighted by Crippen LogP contribution is 2.53. The Kier molecular flexibility index (Phi) is 9.24. The van der Waals surface area contributed by atoms with Crippen molar-refractivity contribution in [3.63, 3.8) is 0 Å². The number of benzene rings is 13. The van der Waals surface area contributed by atoms with Gasteiger partial charge in [-0.15, -0.1) is 0 Å². The molecule has 390 valence electrons. The molecule has 19 aromatic rings. The molecule has 6 heterocycles. The SMILES string of the molecule is c1ccc(-n2c3ccccc3c3c2c2c4ccccc4n(-c4cccc(-n5c6ccccc6c6c7c(c8ccccc8n7-c7ccccc7)c7c(c8ccccc8n7-c7ccccc7)c65)c4)c2c2c4ccccc4n(-c4ccccc4)c32)cc1. The Morgan fingerprint density at radius 2 is 0.310 bits per heavy atom. The van der Waals surface area contributed by atoms with Gasteiger partial charge < -0.3 is 27.4 Å². The summed E-state index contributed by atoms with van der Waals surface area (Å²) in [5, 5.41) is 14.6. The summed E-state index contributed by atoms with van der Waals surface area (Å²) in [6.45, 7) is 0. The zero-order valence-corrected chi connectivity index (χ0v) is 45.4. The van der Waals surface area contributed by atoms with Crippen LogP contribution in [-0.4, -0.2) is 27.4 Å². The van der Waals surface area contributed by atoms with Gasteiger partial charge in [0.25, 0.3) is 0 Å². The van der Waals surface area contributed by atoms with E-state index in [9.17, 15) is 0 Å². The monoisotopic (exact) mass is 1070 g/mol. The van der Waals surface area contributed by atoms with E-state index in [1.54, 1.807) is 0 Å². The van der Waals surface area contributed by atoms with Crippen molar-refractivity contribution < 1.29 is 0 Å². The molecular formula is C78H48N6. The molecule has 0 unspecified atom stereocenters. The fourth-order valence-electron chi connectivity index (χ4n) is 15.0. The van der Waals surface area contributed by atoms with E-state index in [-0.39, 0.29) is 0 Å². The molecule has 6 aromatic heterocycles. The van der Waals surface area contributed by atoms with Gasteiger partial charge >= 0.3 is 0 Å². The van der Waals surface area contributed by atoms with Crippen LogP contribution in [0.5, 0.6) is 0 Å². The Labute approximate surface area is 480 Å². The summed E-state index contributed by atoms with van der Waals surface area (Å²) in [7, 11) is 0. The van der Waals surface area contributed by atoms with Crippen molar-refractivity contribution >= 4 is 131 Å². The topological polar surface area (TPSA) is 29.6 Å². The van der Waals surface area contributed by atoms with Crippen LogP contribution in [0.25, 0.3) is 165 Å². The summed E-state index contributed by atoms with van der Waals surface area (Å²) in [6.07, 6.45) is 0. The lowest BCUT2D eigenvalue weighted by Crippen LogP contribution is -2.00. The molecule has 13 aromatic carbocycles. The predicted octanol–water partition coefficient (Wildman–Crippen LogP) is 20.3. The molecule has 0 radical (unpaired) electrons. The van der Waals surface area contributed by atoms with Crippen molar-refractivity contribution in [2.45, 2.75) is 0 Å². The molecule has 0 spiro atoms. The fraction of sp³-hybridized carbons (Fsp3) is 0. The minimum absolute atomic E-state index is 1.08. The maximum atomic E-state index is 2.58. The molecule has 0 saturated heterocycles. The largest absolute Gasteiger partial charge is 0.308 e. The highest BCUT2D eigenvalue weighted by Gasteiger charge is 2.31. The summed E-state index contributed by atoms with van der Waals surface area (Å²) in [4.78, 5) is 0. The predicted molar refractivity (Wildman–Crippen MR) is 352 cm³/mol. The lowest BCUT2D eigenvalue weighted by molar-refractivity contribution is 1.14. The number of hydrogen-bond donors (Lipinski definition) is 0. The van der Waals surface area contributed by atoms with E-state index in [2.05, 4.69) is 319 Å². The first kappa shape index (κ1) is 45.4. The average Bonchev–Trinajstić information content (AvgIpc) is 1.58. The first-order chi connectivity index (χ1) is 41.8. The van der Waals surface area contributed by atoms with E-state index >= 15 is 0 Å². The molecule has 0 aliphatic carbocycles. The quantitative estimate of drug-likeness (QED) is 0.159. The Balaban J connectivity index is 1.02. The Morgan fingerprint density at radius 3 is 0.524 bits per heavy atom. The lowest BCUT2D eigenvalue weighted by atomic mass is 10.0. The molecule has 0 N–H and O–H groups in total. The molecular weight excluding hydrogens is 1020 g/mol. The highest BCUT2D eigenvalue weighted by atomic mass is 15.1. The maximum absolute atomic E-state index is 2.58. The Hall–Kier alpha value is -11.3. The second-order valence-electron chi connectivity index (χ2n) is 22.3. The van der Waals surface area contributed by atoms with Crippen LogP contribution in [0.1, 0.15) is 0 Å². The normalized spacial score (nSPS) is 12.3. The molecule has 0 amide bonds. The molecule has 6 nitrogen and oxygen atoms in total. The van der Waals surface area contributed by atoms with Gasteiger partial charge in [0.15, 0.2) is 0 Å². The van der Waals surface area contributed by atoms with E-state index < -0.39 is 0 Å². The number of para-hydroxylation sites is 10. The minimum atomic E-state index is 1.08. The van der Waals surface area contributed by atoms with Gasteiger partial charge in [0.1, 0.15) is 0 Å². The minimum Gasteiger partial charge on any atom is -0.308 e.